The molecule has 2 aromatic rings. The number of carbonyl (C=O) groups is 1. The molecule has 2 aliphatic heterocycles. The van der Waals surface area contributed by atoms with E-state index in [2.05, 4.69) is 14.9 Å². The fourth-order valence-electron chi connectivity index (χ4n) is 3.25. The summed E-state index contributed by atoms with van der Waals surface area (Å²) in [6, 6.07) is 9.56. The number of nitrogens with zero attached hydrogens (tertiary/aromatic N) is 4. The largest absolute Gasteiger partial charge is 0.481 e. The number of methoxy groups -OCH3 is 1. The van der Waals surface area contributed by atoms with Crippen LogP contribution in [-0.2, 0) is 11.2 Å². The van der Waals surface area contributed by atoms with Gasteiger partial charge in [-0.15, -0.1) is 0 Å². The molecule has 0 spiro atoms. The standard InChI is InChI=1S/C18H20N4O3/c1-24-16-6-7-19-18(20-16)22-10-8-21(9-11-22)17(23)15-12-13-4-2-3-5-14(13)25-15/h2-7,15H,8-12H2,1H3/t15-/m1/s1. The van der Waals surface area contributed by atoms with E-state index in [1.807, 2.05) is 29.2 Å². The second kappa shape index (κ2) is 6.58. The number of carbonyl (C=O) groups excluding carboxylic acids is 1. The van der Waals surface area contributed by atoms with E-state index in [0.29, 0.717) is 44.4 Å². The minimum Gasteiger partial charge on any atom is -0.481 e. The summed E-state index contributed by atoms with van der Waals surface area (Å²) in [5, 5.41) is 0. The number of hydrogen-bond donors (Lipinski definition) is 0. The van der Waals surface area contributed by atoms with Crippen molar-refractivity contribution in [2.24, 2.45) is 0 Å². The molecule has 1 aromatic carbocycles. The minimum absolute atomic E-state index is 0.0578. The molecule has 7 heteroatoms. The SMILES string of the molecule is COc1ccnc(N2CCN(C(=O)[C@H]3Cc4ccccc4O3)CC2)n1. The Bertz CT molecular complexity index is 749. The highest BCUT2D eigenvalue weighted by molar-refractivity contribution is 5.83. The summed E-state index contributed by atoms with van der Waals surface area (Å²) in [6.07, 6.45) is 1.92. The first-order valence-corrected chi connectivity index (χ1v) is 8.40. The second-order valence-electron chi connectivity index (χ2n) is 6.13. The third-order valence-electron chi connectivity index (χ3n) is 4.62. The Morgan fingerprint density at radius 3 is 2.76 bits per heavy atom. The Morgan fingerprint density at radius 2 is 2.00 bits per heavy atom. The van der Waals surface area contributed by atoms with E-state index in [9.17, 15) is 4.79 Å². The maximum Gasteiger partial charge on any atom is 0.264 e. The lowest BCUT2D eigenvalue weighted by molar-refractivity contribution is -0.138. The van der Waals surface area contributed by atoms with Gasteiger partial charge in [-0.1, -0.05) is 18.2 Å². The maximum atomic E-state index is 12.7. The molecular formula is C18H20N4O3. The molecule has 0 unspecified atom stereocenters. The van der Waals surface area contributed by atoms with Gasteiger partial charge in [-0.25, -0.2) is 4.98 Å². The zero-order valence-corrected chi connectivity index (χ0v) is 14.1. The van der Waals surface area contributed by atoms with Crippen molar-refractivity contribution in [2.45, 2.75) is 12.5 Å². The maximum absolute atomic E-state index is 12.7. The van der Waals surface area contributed by atoms with Gasteiger partial charge in [-0.05, 0) is 11.6 Å². The lowest BCUT2D eigenvalue weighted by Crippen LogP contribution is -2.52. The number of para-hydroxylation sites is 1. The quantitative estimate of drug-likeness (QED) is 0.835. The van der Waals surface area contributed by atoms with E-state index in [1.54, 1.807) is 19.4 Å². The molecule has 1 amide bonds. The van der Waals surface area contributed by atoms with Crippen molar-refractivity contribution < 1.29 is 14.3 Å². The van der Waals surface area contributed by atoms with Crippen LogP contribution in [-0.4, -0.2) is 60.2 Å². The fraction of sp³-hybridized carbons (Fsp3) is 0.389. The molecule has 25 heavy (non-hydrogen) atoms. The summed E-state index contributed by atoms with van der Waals surface area (Å²) in [7, 11) is 1.59. The van der Waals surface area contributed by atoms with Crippen LogP contribution in [0.1, 0.15) is 5.56 Å². The monoisotopic (exact) mass is 340 g/mol. The Morgan fingerprint density at radius 1 is 1.20 bits per heavy atom. The molecule has 130 valence electrons. The van der Waals surface area contributed by atoms with E-state index in [-0.39, 0.29) is 5.91 Å². The predicted molar refractivity (Wildman–Crippen MR) is 91.9 cm³/mol. The van der Waals surface area contributed by atoms with Crippen LogP contribution >= 0.6 is 0 Å². The van der Waals surface area contributed by atoms with E-state index in [1.165, 1.54) is 0 Å². The average Bonchev–Trinajstić information content (AvgIpc) is 3.12. The molecular weight excluding hydrogens is 320 g/mol. The van der Waals surface area contributed by atoms with Crippen molar-refractivity contribution in [3.05, 3.63) is 42.1 Å². The second-order valence-corrected chi connectivity index (χ2v) is 6.13. The van der Waals surface area contributed by atoms with Gasteiger partial charge in [0.05, 0.1) is 7.11 Å². The molecule has 1 fully saturated rings. The highest BCUT2D eigenvalue weighted by Gasteiger charge is 2.33. The zero-order chi connectivity index (χ0) is 17.2. The normalized spacial score (nSPS) is 19.3. The molecule has 0 N–H and O–H groups in total. The van der Waals surface area contributed by atoms with Gasteiger partial charge in [0.15, 0.2) is 6.10 Å². The Labute approximate surface area is 146 Å². The average molecular weight is 340 g/mol. The van der Waals surface area contributed by atoms with E-state index >= 15 is 0 Å². The zero-order valence-electron chi connectivity index (χ0n) is 14.1. The molecule has 7 nitrogen and oxygen atoms in total. The molecule has 1 atom stereocenters. The third kappa shape index (κ3) is 3.09. The Kier molecular flexibility index (Phi) is 4.13. The smallest absolute Gasteiger partial charge is 0.264 e. The van der Waals surface area contributed by atoms with Gasteiger partial charge in [-0.2, -0.15) is 4.98 Å². The van der Waals surface area contributed by atoms with Crippen LogP contribution in [0.5, 0.6) is 11.6 Å². The molecule has 1 saturated heterocycles. The van der Waals surface area contributed by atoms with Gasteiger partial charge in [0, 0.05) is 44.9 Å². The Hall–Kier alpha value is -2.83. The number of anilines is 1. The Balaban J connectivity index is 1.36. The van der Waals surface area contributed by atoms with Crippen LogP contribution in [0.2, 0.25) is 0 Å². The number of aromatic nitrogens is 2. The molecule has 0 saturated carbocycles. The van der Waals surface area contributed by atoms with Crippen LogP contribution in [0.4, 0.5) is 5.95 Å². The predicted octanol–water partition coefficient (Wildman–Crippen LogP) is 1.14. The van der Waals surface area contributed by atoms with Crippen molar-refractivity contribution in [1.29, 1.82) is 0 Å². The summed E-state index contributed by atoms with van der Waals surface area (Å²) in [5.74, 6) is 2.06. The van der Waals surface area contributed by atoms with Crippen LogP contribution in [0, 0.1) is 0 Å². The third-order valence-corrected chi connectivity index (χ3v) is 4.62. The van der Waals surface area contributed by atoms with Crippen LogP contribution in [0.25, 0.3) is 0 Å². The van der Waals surface area contributed by atoms with Crippen molar-refractivity contribution in [3.63, 3.8) is 0 Å². The van der Waals surface area contributed by atoms with Crippen molar-refractivity contribution in [2.75, 3.05) is 38.2 Å². The molecule has 0 aliphatic carbocycles. The lowest BCUT2D eigenvalue weighted by atomic mass is 10.1. The van der Waals surface area contributed by atoms with Gasteiger partial charge < -0.3 is 19.3 Å². The van der Waals surface area contributed by atoms with Crippen LogP contribution in [0.15, 0.2) is 36.5 Å². The fourth-order valence-corrected chi connectivity index (χ4v) is 3.25. The molecule has 0 bridgehead atoms. The molecule has 2 aliphatic rings. The van der Waals surface area contributed by atoms with Gasteiger partial charge in [-0.3, -0.25) is 4.79 Å². The lowest BCUT2D eigenvalue weighted by Gasteiger charge is -2.35. The van der Waals surface area contributed by atoms with E-state index in [0.717, 1.165) is 11.3 Å². The number of amides is 1. The number of piperazine rings is 1. The first-order valence-electron chi connectivity index (χ1n) is 8.40. The summed E-state index contributed by atoms with van der Waals surface area (Å²) >= 11 is 0. The highest BCUT2D eigenvalue weighted by Crippen LogP contribution is 2.29. The van der Waals surface area contributed by atoms with Crippen molar-refractivity contribution in [1.82, 2.24) is 14.9 Å². The van der Waals surface area contributed by atoms with Crippen molar-refractivity contribution >= 4 is 11.9 Å². The van der Waals surface area contributed by atoms with Gasteiger partial charge >= 0.3 is 0 Å². The summed E-state index contributed by atoms with van der Waals surface area (Å²) in [4.78, 5) is 25.3. The number of hydrogen-bond acceptors (Lipinski definition) is 6. The molecule has 4 rings (SSSR count). The summed E-state index contributed by atoms with van der Waals surface area (Å²) < 4.78 is 11.0. The summed E-state index contributed by atoms with van der Waals surface area (Å²) in [5.41, 5.74) is 1.10. The van der Waals surface area contributed by atoms with Gasteiger partial charge in [0.2, 0.25) is 11.8 Å². The number of fused-ring (bicyclic) bond motifs is 1. The first-order chi connectivity index (χ1) is 12.2. The highest BCUT2D eigenvalue weighted by atomic mass is 16.5. The number of rotatable bonds is 3. The molecule has 1 aromatic heterocycles. The van der Waals surface area contributed by atoms with Crippen LogP contribution < -0.4 is 14.4 Å². The first kappa shape index (κ1) is 15.7. The number of ether oxygens (including phenoxy) is 2. The van der Waals surface area contributed by atoms with Crippen molar-refractivity contribution in [3.8, 4) is 11.6 Å². The number of benzene rings is 1. The topological polar surface area (TPSA) is 67.8 Å². The van der Waals surface area contributed by atoms with E-state index < -0.39 is 6.10 Å². The van der Waals surface area contributed by atoms with Crippen LogP contribution in [0.3, 0.4) is 0 Å². The molecule has 3 heterocycles. The summed E-state index contributed by atoms with van der Waals surface area (Å²) in [6.45, 7) is 2.66. The minimum atomic E-state index is -0.406. The van der Waals surface area contributed by atoms with Gasteiger partial charge in [0.25, 0.3) is 5.91 Å². The van der Waals surface area contributed by atoms with E-state index in [4.69, 9.17) is 9.47 Å². The van der Waals surface area contributed by atoms with Gasteiger partial charge in [0.1, 0.15) is 5.75 Å². The molecule has 0 radical (unpaired) electrons.